The molecule has 0 radical (unpaired) electrons. The van der Waals surface area contributed by atoms with Crippen LogP contribution in [0.15, 0.2) is 0 Å². The third kappa shape index (κ3) is 29.1. The zero-order valence-electron chi connectivity index (χ0n) is 23.5. The fourth-order valence-corrected chi connectivity index (χ4v) is 5.10. The average Bonchev–Trinajstić information content (AvgIpc) is 2.85. The van der Waals surface area contributed by atoms with Crippen LogP contribution in [-0.2, 0) is 9.59 Å². The van der Waals surface area contributed by atoms with E-state index in [1.807, 2.05) is 0 Å². The Labute approximate surface area is 222 Å². The van der Waals surface area contributed by atoms with Crippen LogP contribution in [0.25, 0.3) is 0 Å². The Morgan fingerprint density at radius 1 is 0.389 bits per heavy atom. The lowest BCUT2D eigenvalue weighted by atomic mass is 9.94. The molecule has 1 atom stereocenters. The lowest BCUT2D eigenvalue weighted by molar-refractivity contribution is -0.138. The van der Waals surface area contributed by atoms with Gasteiger partial charge < -0.3 is 15.3 Å². The highest BCUT2D eigenvalue weighted by Gasteiger charge is 2.07. The molecule has 3 N–H and O–H groups in total. The van der Waals surface area contributed by atoms with Crippen LogP contribution < -0.4 is 0 Å². The molecule has 0 heterocycles. The van der Waals surface area contributed by atoms with E-state index in [2.05, 4.69) is 0 Å². The predicted molar refractivity (Wildman–Crippen MR) is 151 cm³/mol. The minimum atomic E-state index is -0.672. The first-order chi connectivity index (χ1) is 17.6. The summed E-state index contributed by atoms with van der Waals surface area (Å²) in [5.41, 5.74) is 0. The molecule has 0 aromatic rings. The van der Waals surface area contributed by atoms with Gasteiger partial charge in [-0.2, -0.15) is 0 Å². The maximum absolute atomic E-state index is 10.5. The van der Waals surface area contributed by atoms with Crippen LogP contribution in [0.3, 0.4) is 0 Å². The van der Waals surface area contributed by atoms with Crippen molar-refractivity contribution in [3.8, 4) is 0 Å². The van der Waals surface area contributed by atoms with Crippen molar-refractivity contribution in [2.75, 3.05) is 6.61 Å². The van der Waals surface area contributed by atoms with Gasteiger partial charge in [-0.3, -0.25) is 9.59 Å². The van der Waals surface area contributed by atoms with Crippen LogP contribution >= 0.6 is 0 Å². The van der Waals surface area contributed by atoms with E-state index in [0.29, 0.717) is 25.4 Å². The molecule has 0 aromatic carbocycles. The van der Waals surface area contributed by atoms with Gasteiger partial charge in [0.05, 0.1) is 0 Å². The van der Waals surface area contributed by atoms with E-state index < -0.39 is 11.9 Å². The Morgan fingerprint density at radius 2 is 0.611 bits per heavy atom. The number of aliphatic hydroxyl groups is 1. The van der Waals surface area contributed by atoms with Gasteiger partial charge in [0.1, 0.15) is 0 Å². The Morgan fingerprint density at radius 3 is 0.833 bits per heavy atom. The molecule has 0 rings (SSSR count). The predicted octanol–water partition coefficient (Wildman–Crippen LogP) is 9.30. The van der Waals surface area contributed by atoms with Crippen molar-refractivity contribution in [2.24, 2.45) is 5.92 Å². The van der Waals surface area contributed by atoms with E-state index in [4.69, 9.17) is 10.2 Å². The van der Waals surface area contributed by atoms with Crippen LogP contribution in [0, 0.1) is 5.92 Å². The Balaban J connectivity index is 3.29. The fraction of sp³-hybridized carbons (Fsp3) is 0.935. The highest BCUT2D eigenvalue weighted by molar-refractivity contribution is 5.66. The molecule has 0 amide bonds. The summed E-state index contributed by atoms with van der Waals surface area (Å²) in [6, 6.07) is 0. The van der Waals surface area contributed by atoms with Crippen LogP contribution in [-0.4, -0.2) is 33.9 Å². The molecular weight excluding hydrogens is 452 g/mol. The number of carbonyl (C=O) groups is 2. The molecule has 0 aliphatic heterocycles. The second-order valence-corrected chi connectivity index (χ2v) is 11.0. The maximum Gasteiger partial charge on any atom is 0.303 e. The highest BCUT2D eigenvalue weighted by Crippen LogP contribution is 2.20. The van der Waals surface area contributed by atoms with Crippen LogP contribution in [0.4, 0.5) is 0 Å². The first-order valence-corrected chi connectivity index (χ1v) is 15.6. The quantitative estimate of drug-likeness (QED) is 0.0833. The molecule has 0 saturated heterocycles. The molecule has 0 aliphatic carbocycles. The number of rotatable bonds is 30. The molecule has 0 spiro atoms. The lowest BCUT2D eigenvalue weighted by Crippen LogP contribution is -2.06. The van der Waals surface area contributed by atoms with Crippen LogP contribution in [0.1, 0.15) is 173 Å². The summed E-state index contributed by atoms with van der Waals surface area (Å²) in [5, 5.41) is 26.9. The standard InChI is InChI=1S/C31H60O5/c32-28-29(25-21-17-13-9-5-3-7-11-15-19-23-27-31(35)36)24-20-16-12-8-4-1-2-6-10-14-18-22-26-30(33)34/h29,32H,1-28H2,(H,33,34)(H,35,36)/t29-/m0/s1. The molecule has 36 heavy (non-hydrogen) atoms. The zero-order valence-corrected chi connectivity index (χ0v) is 23.5. The van der Waals surface area contributed by atoms with Gasteiger partial charge in [0.25, 0.3) is 0 Å². The molecule has 0 unspecified atom stereocenters. The molecule has 5 nitrogen and oxygen atoms in total. The van der Waals surface area contributed by atoms with Gasteiger partial charge in [-0.25, -0.2) is 0 Å². The summed E-state index contributed by atoms with van der Waals surface area (Å²) in [5.74, 6) is -0.841. The largest absolute Gasteiger partial charge is 0.481 e. The van der Waals surface area contributed by atoms with Gasteiger partial charge in [-0.1, -0.05) is 135 Å². The average molecular weight is 513 g/mol. The van der Waals surface area contributed by atoms with Gasteiger partial charge in [0, 0.05) is 19.4 Å². The van der Waals surface area contributed by atoms with E-state index >= 15 is 0 Å². The van der Waals surface area contributed by atoms with Gasteiger partial charge in [0.2, 0.25) is 0 Å². The van der Waals surface area contributed by atoms with E-state index in [-0.39, 0.29) is 0 Å². The number of carboxylic acid groups (broad SMARTS) is 2. The first kappa shape index (κ1) is 34.9. The second kappa shape index (κ2) is 28.5. The number of hydrogen-bond acceptors (Lipinski definition) is 3. The van der Waals surface area contributed by atoms with E-state index in [9.17, 15) is 14.7 Å². The van der Waals surface area contributed by atoms with E-state index in [1.165, 1.54) is 135 Å². The maximum atomic E-state index is 10.5. The molecule has 0 aromatic heterocycles. The lowest BCUT2D eigenvalue weighted by Gasteiger charge is -2.13. The third-order valence-corrected chi connectivity index (χ3v) is 7.51. The fourth-order valence-electron chi connectivity index (χ4n) is 5.10. The van der Waals surface area contributed by atoms with Crippen molar-refractivity contribution in [1.29, 1.82) is 0 Å². The van der Waals surface area contributed by atoms with Crippen molar-refractivity contribution in [2.45, 2.75) is 173 Å². The Hall–Kier alpha value is -1.10. The monoisotopic (exact) mass is 512 g/mol. The van der Waals surface area contributed by atoms with Gasteiger partial charge in [-0.15, -0.1) is 0 Å². The van der Waals surface area contributed by atoms with E-state index in [1.54, 1.807) is 0 Å². The first-order valence-electron chi connectivity index (χ1n) is 15.6. The number of unbranched alkanes of at least 4 members (excludes halogenated alkanes) is 21. The van der Waals surface area contributed by atoms with Crippen molar-refractivity contribution < 1.29 is 24.9 Å². The topological polar surface area (TPSA) is 94.8 Å². The number of aliphatic carboxylic acids is 2. The van der Waals surface area contributed by atoms with E-state index in [0.717, 1.165) is 25.7 Å². The number of aliphatic hydroxyl groups excluding tert-OH is 1. The van der Waals surface area contributed by atoms with Gasteiger partial charge in [0.15, 0.2) is 0 Å². The van der Waals surface area contributed by atoms with Crippen LogP contribution in [0.5, 0.6) is 0 Å². The molecule has 5 heteroatoms. The molecular formula is C31H60O5. The smallest absolute Gasteiger partial charge is 0.303 e. The summed E-state index contributed by atoms with van der Waals surface area (Å²) in [6.45, 7) is 0.350. The van der Waals surface area contributed by atoms with Crippen LogP contribution in [0.2, 0.25) is 0 Å². The van der Waals surface area contributed by atoms with Gasteiger partial charge in [-0.05, 0) is 31.6 Å². The van der Waals surface area contributed by atoms with Crippen molar-refractivity contribution >= 4 is 11.9 Å². The zero-order chi connectivity index (χ0) is 26.5. The summed E-state index contributed by atoms with van der Waals surface area (Å²) >= 11 is 0. The molecule has 0 aliphatic rings. The van der Waals surface area contributed by atoms with Crippen molar-refractivity contribution in [3.05, 3.63) is 0 Å². The normalized spacial score (nSPS) is 12.1. The Kier molecular flexibility index (Phi) is 27.6. The SMILES string of the molecule is O=C(O)CCCCCCCCCCCCCC[C@H](CO)CCCCCCCCCCCCCC(=O)O. The summed E-state index contributed by atoms with van der Waals surface area (Å²) in [4.78, 5) is 20.9. The highest BCUT2D eigenvalue weighted by atomic mass is 16.4. The Bertz CT molecular complexity index is 480. The molecule has 0 bridgehead atoms. The van der Waals surface area contributed by atoms with Gasteiger partial charge >= 0.3 is 11.9 Å². The summed E-state index contributed by atoms with van der Waals surface area (Å²) in [6.07, 6.45) is 31.3. The third-order valence-electron chi connectivity index (χ3n) is 7.51. The molecule has 214 valence electrons. The van der Waals surface area contributed by atoms with Crippen molar-refractivity contribution in [1.82, 2.24) is 0 Å². The number of hydrogen-bond donors (Lipinski definition) is 3. The van der Waals surface area contributed by atoms with Crippen molar-refractivity contribution in [3.63, 3.8) is 0 Å². The number of carboxylic acids is 2. The minimum Gasteiger partial charge on any atom is -0.481 e. The summed E-state index contributed by atoms with van der Waals surface area (Å²) in [7, 11) is 0. The molecule has 0 fully saturated rings. The second-order valence-electron chi connectivity index (χ2n) is 11.0. The molecule has 0 saturated carbocycles. The minimum absolute atomic E-state index is 0.319. The summed E-state index contributed by atoms with van der Waals surface area (Å²) < 4.78 is 0.